The van der Waals surface area contributed by atoms with Crippen molar-refractivity contribution in [3.63, 3.8) is 0 Å². The summed E-state index contributed by atoms with van der Waals surface area (Å²) in [6, 6.07) is 15.8. The van der Waals surface area contributed by atoms with Gasteiger partial charge in [-0.05, 0) is 13.8 Å². The maximum absolute atomic E-state index is 12.2. The summed E-state index contributed by atoms with van der Waals surface area (Å²) < 4.78 is 0. The van der Waals surface area contributed by atoms with Crippen molar-refractivity contribution < 1.29 is 9.59 Å². The number of likely N-dealkylation sites (N-methyl/N-ethyl adjacent to an activating group) is 2. The lowest BCUT2D eigenvalue weighted by Gasteiger charge is -2.17. The van der Waals surface area contributed by atoms with E-state index in [0.29, 0.717) is 5.71 Å². The number of hydrogen-bond acceptors (Lipinski definition) is 3. The van der Waals surface area contributed by atoms with Crippen LogP contribution in [0.5, 0.6) is 0 Å². The van der Waals surface area contributed by atoms with Gasteiger partial charge in [-0.15, -0.1) is 0 Å². The zero-order chi connectivity index (χ0) is 18.6. The molecule has 0 radical (unpaired) electrons. The molecular weight excluding hydrogens is 314 g/mol. The number of nitrogens with zero attached hydrogens (tertiary/aromatic N) is 3. The molecule has 0 fully saturated rings. The number of hydrazone groups is 1. The van der Waals surface area contributed by atoms with Crippen molar-refractivity contribution in [3.05, 3.63) is 70.8 Å². The van der Waals surface area contributed by atoms with Crippen LogP contribution in [-0.4, -0.2) is 48.6 Å². The molecular formula is C20H23N3O2. The van der Waals surface area contributed by atoms with Gasteiger partial charge in [-0.2, -0.15) is 5.10 Å². The maximum Gasteiger partial charge on any atom is 0.331 e. The number of aryl methyl sites for hydroxylation is 2. The van der Waals surface area contributed by atoms with Crippen LogP contribution < -0.4 is 0 Å². The molecule has 2 rings (SSSR count). The van der Waals surface area contributed by atoms with E-state index in [0.717, 1.165) is 27.3 Å². The maximum atomic E-state index is 12.2. The highest BCUT2D eigenvalue weighted by atomic mass is 16.2. The lowest BCUT2D eigenvalue weighted by Crippen LogP contribution is -2.38. The van der Waals surface area contributed by atoms with Crippen LogP contribution >= 0.6 is 0 Å². The molecule has 0 aromatic heterocycles. The Bertz CT molecular complexity index is 743. The van der Waals surface area contributed by atoms with Crippen LogP contribution in [0.2, 0.25) is 0 Å². The number of carbonyl (C=O) groups is 2. The summed E-state index contributed by atoms with van der Waals surface area (Å²) in [6.45, 7) is 4.02. The van der Waals surface area contributed by atoms with E-state index >= 15 is 0 Å². The smallest absolute Gasteiger partial charge is 0.331 e. The summed E-state index contributed by atoms with van der Waals surface area (Å²) in [6.07, 6.45) is 0. The summed E-state index contributed by atoms with van der Waals surface area (Å²) in [5.41, 5.74) is 4.68. The molecule has 0 saturated heterocycles. The first kappa shape index (κ1) is 18.4. The van der Waals surface area contributed by atoms with Gasteiger partial charge in [0.1, 0.15) is 0 Å². The summed E-state index contributed by atoms with van der Waals surface area (Å²) >= 11 is 0. The highest BCUT2D eigenvalue weighted by Crippen LogP contribution is 2.14. The van der Waals surface area contributed by atoms with Crippen molar-refractivity contribution in [2.45, 2.75) is 13.8 Å². The predicted molar refractivity (Wildman–Crippen MR) is 99.5 cm³/mol. The van der Waals surface area contributed by atoms with Gasteiger partial charge in [0.15, 0.2) is 0 Å². The molecule has 0 aliphatic heterocycles. The van der Waals surface area contributed by atoms with E-state index in [9.17, 15) is 9.59 Å². The van der Waals surface area contributed by atoms with Gasteiger partial charge in [0, 0.05) is 32.3 Å². The minimum absolute atomic E-state index is 0.613. The number of benzene rings is 2. The van der Waals surface area contributed by atoms with Crippen LogP contribution in [0.1, 0.15) is 22.3 Å². The Morgan fingerprint density at radius 3 is 1.48 bits per heavy atom. The van der Waals surface area contributed by atoms with E-state index in [1.807, 2.05) is 62.4 Å². The third-order valence-corrected chi connectivity index (χ3v) is 3.78. The second-order valence-corrected chi connectivity index (χ2v) is 6.21. The Kier molecular flexibility index (Phi) is 5.70. The molecule has 2 aromatic rings. The van der Waals surface area contributed by atoms with Crippen LogP contribution in [0.4, 0.5) is 0 Å². The first-order valence-electron chi connectivity index (χ1n) is 8.01. The third-order valence-electron chi connectivity index (χ3n) is 3.78. The molecule has 0 heterocycles. The summed E-state index contributed by atoms with van der Waals surface area (Å²) in [4.78, 5) is 25.4. The first-order valence-corrected chi connectivity index (χ1v) is 8.01. The molecule has 5 heteroatoms. The number of carbonyl (C=O) groups excluding carboxylic acids is 2. The second kappa shape index (κ2) is 7.75. The molecule has 0 bridgehead atoms. The molecule has 0 N–H and O–H groups in total. The second-order valence-electron chi connectivity index (χ2n) is 6.21. The molecule has 0 aliphatic rings. The van der Waals surface area contributed by atoms with Crippen molar-refractivity contribution >= 4 is 17.5 Å². The van der Waals surface area contributed by atoms with Gasteiger partial charge in [0.2, 0.25) is 0 Å². The molecule has 0 spiro atoms. The van der Waals surface area contributed by atoms with E-state index in [-0.39, 0.29) is 0 Å². The van der Waals surface area contributed by atoms with E-state index in [1.165, 1.54) is 11.9 Å². The van der Waals surface area contributed by atoms with Gasteiger partial charge in [-0.25, -0.2) is 5.01 Å². The van der Waals surface area contributed by atoms with E-state index in [2.05, 4.69) is 5.10 Å². The lowest BCUT2D eigenvalue weighted by molar-refractivity contribution is -0.149. The zero-order valence-electron chi connectivity index (χ0n) is 15.3. The van der Waals surface area contributed by atoms with Crippen molar-refractivity contribution in [1.29, 1.82) is 0 Å². The van der Waals surface area contributed by atoms with Crippen LogP contribution in [-0.2, 0) is 9.59 Å². The van der Waals surface area contributed by atoms with Crippen molar-refractivity contribution in [3.8, 4) is 0 Å². The number of rotatable bonds is 3. The molecule has 2 amide bonds. The quantitative estimate of drug-likeness (QED) is 0.491. The van der Waals surface area contributed by atoms with Gasteiger partial charge in [-0.1, -0.05) is 59.7 Å². The largest absolute Gasteiger partial charge is 0.341 e. The minimum atomic E-state index is -0.679. The Labute approximate surface area is 148 Å². The highest BCUT2D eigenvalue weighted by Gasteiger charge is 2.21. The fourth-order valence-electron chi connectivity index (χ4n) is 2.23. The molecule has 25 heavy (non-hydrogen) atoms. The van der Waals surface area contributed by atoms with Gasteiger partial charge in [0.05, 0.1) is 5.71 Å². The van der Waals surface area contributed by atoms with Gasteiger partial charge in [0.25, 0.3) is 0 Å². The summed E-state index contributed by atoms with van der Waals surface area (Å²) in [7, 11) is 4.57. The fourth-order valence-corrected chi connectivity index (χ4v) is 2.23. The SMILES string of the molecule is Cc1ccc(C(=NN(C)C(=O)C(=O)N(C)C)c2ccc(C)cc2)cc1. The van der Waals surface area contributed by atoms with Crippen LogP contribution in [0, 0.1) is 13.8 Å². The third kappa shape index (κ3) is 4.53. The van der Waals surface area contributed by atoms with Gasteiger partial charge in [-0.3, -0.25) is 9.59 Å². The Hall–Kier alpha value is -2.95. The van der Waals surface area contributed by atoms with E-state index < -0.39 is 11.8 Å². The molecule has 0 atom stereocenters. The van der Waals surface area contributed by atoms with Crippen molar-refractivity contribution in [2.24, 2.45) is 5.10 Å². The number of hydrogen-bond donors (Lipinski definition) is 0. The lowest BCUT2D eigenvalue weighted by atomic mass is 10.0. The first-order chi connectivity index (χ1) is 11.8. The molecule has 5 nitrogen and oxygen atoms in total. The summed E-state index contributed by atoms with van der Waals surface area (Å²) in [5, 5.41) is 5.53. The minimum Gasteiger partial charge on any atom is -0.341 e. The summed E-state index contributed by atoms with van der Waals surface area (Å²) in [5.74, 6) is -1.29. The average Bonchev–Trinajstić information content (AvgIpc) is 2.60. The Morgan fingerprint density at radius 2 is 1.12 bits per heavy atom. The molecule has 0 saturated carbocycles. The van der Waals surface area contributed by atoms with E-state index in [1.54, 1.807) is 14.1 Å². The Morgan fingerprint density at radius 1 is 0.720 bits per heavy atom. The topological polar surface area (TPSA) is 53.0 Å². The predicted octanol–water partition coefficient (Wildman–Crippen LogP) is 2.60. The molecule has 2 aromatic carbocycles. The van der Waals surface area contributed by atoms with Crippen LogP contribution in [0.15, 0.2) is 53.6 Å². The monoisotopic (exact) mass is 337 g/mol. The standard InChI is InChI=1S/C20H23N3O2/c1-14-6-10-16(11-7-14)18(17-12-8-15(2)9-13-17)21-23(5)20(25)19(24)22(3)4/h6-13H,1-5H3. The van der Waals surface area contributed by atoms with Gasteiger partial charge < -0.3 is 4.90 Å². The molecule has 0 unspecified atom stereocenters. The average molecular weight is 337 g/mol. The van der Waals surface area contributed by atoms with Crippen molar-refractivity contribution in [2.75, 3.05) is 21.1 Å². The van der Waals surface area contributed by atoms with Gasteiger partial charge >= 0.3 is 11.8 Å². The van der Waals surface area contributed by atoms with Crippen molar-refractivity contribution in [1.82, 2.24) is 9.91 Å². The van der Waals surface area contributed by atoms with E-state index in [4.69, 9.17) is 0 Å². The van der Waals surface area contributed by atoms with Crippen LogP contribution in [0.25, 0.3) is 0 Å². The zero-order valence-corrected chi connectivity index (χ0v) is 15.3. The van der Waals surface area contributed by atoms with Crippen LogP contribution in [0.3, 0.4) is 0 Å². The molecule has 130 valence electrons. The highest BCUT2D eigenvalue weighted by molar-refractivity contribution is 6.34. The number of amides is 2. The molecule has 0 aliphatic carbocycles. The Balaban J connectivity index is 2.47. The fraction of sp³-hybridized carbons (Fsp3) is 0.250. The normalized spacial score (nSPS) is 10.1.